The Balaban J connectivity index is 1.89. The van der Waals surface area contributed by atoms with Crippen LogP contribution >= 0.6 is 0 Å². The molecule has 0 aliphatic carbocycles. The van der Waals surface area contributed by atoms with E-state index in [2.05, 4.69) is 58.2 Å². The SMILES string of the molecule is CN1CCC[C@@H]1c1cn(C)c2ccc(-n3cnnc3)cc12. The van der Waals surface area contributed by atoms with Gasteiger partial charge in [0.15, 0.2) is 0 Å². The first-order chi connectivity index (χ1) is 10.2. The maximum atomic E-state index is 3.90. The van der Waals surface area contributed by atoms with Crippen molar-refractivity contribution >= 4 is 10.9 Å². The lowest BCUT2D eigenvalue weighted by Crippen LogP contribution is -2.17. The standard InChI is InChI=1S/C16H19N5/c1-19-7-3-4-15(19)14-9-20(2)16-6-5-12(8-13(14)16)21-10-17-18-11-21/h5-6,8-11,15H,3-4,7H2,1-2H3/t15-/m1/s1. The number of hydrogen-bond acceptors (Lipinski definition) is 3. The molecular formula is C16H19N5. The molecule has 0 bridgehead atoms. The lowest BCUT2D eigenvalue weighted by Gasteiger charge is -2.19. The molecule has 0 N–H and O–H groups in total. The molecule has 1 aromatic carbocycles. The predicted molar refractivity (Wildman–Crippen MR) is 82.4 cm³/mol. The number of aromatic nitrogens is 4. The van der Waals surface area contributed by atoms with Gasteiger partial charge in [0.1, 0.15) is 12.7 Å². The summed E-state index contributed by atoms with van der Waals surface area (Å²) >= 11 is 0. The fourth-order valence-electron chi connectivity index (χ4n) is 3.47. The normalized spacial score (nSPS) is 19.6. The first-order valence-corrected chi connectivity index (χ1v) is 7.38. The molecule has 1 aliphatic heterocycles. The Kier molecular flexibility index (Phi) is 2.82. The summed E-state index contributed by atoms with van der Waals surface area (Å²) in [5, 5.41) is 9.13. The van der Waals surface area contributed by atoms with Crippen LogP contribution in [0.2, 0.25) is 0 Å². The largest absolute Gasteiger partial charge is 0.350 e. The second kappa shape index (κ2) is 4.70. The second-order valence-corrected chi connectivity index (χ2v) is 5.90. The minimum Gasteiger partial charge on any atom is -0.350 e. The lowest BCUT2D eigenvalue weighted by atomic mass is 10.0. The molecule has 5 nitrogen and oxygen atoms in total. The number of benzene rings is 1. The Labute approximate surface area is 123 Å². The number of rotatable bonds is 2. The molecule has 0 unspecified atom stereocenters. The van der Waals surface area contributed by atoms with Crippen molar-refractivity contribution in [3.05, 3.63) is 42.6 Å². The van der Waals surface area contributed by atoms with Gasteiger partial charge in [-0.15, -0.1) is 10.2 Å². The number of hydrogen-bond donors (Lipinski definition) is 0. The van der Waals surface area contributed by atoms with E-state index >= 15 is 0 Å². The van der Waals surface area contributed by atoms with Crippen molar-refractivity contribution in [2.24, 2.45) is 7.05 Å². The third-order valence-corrected chi connectivity index (χ3v) is 4.60. The van der Waals surface area contributed by atoms with E-state index in [1.807, 2.05) is 4.57 Å². The van der Waals surface area contributed by atoms with Crippen LogP contribution in [0.4, 0.5) is 0 Å². The molecule has 0 amide bonds. The zero-order valence-electron chi connectivity index (χ0n) is 12.4. The monoisotopic (exact) mass is 281 g/mol. The Bertz CT molecular complexity index is 771. The van der Waals surface area contributed by atoms with E-state index in [4.69, 9.17) is 0 Å². The topological polar surface area (TPSA) is 38.9 Å². The maximum absolute atomic E-state index is 3.90. The van der Waals surface area contributed by atoms with Crippen LogP contribution in [-0.4, -0.2) is 37.8 Å². The van der Waals surface area contributed by atoms with Gasteiger partial charge in [-0.05, 0) is 50.2 Å². The van der Waals surface area contributed by atoms with Gasteiger partial charge < -0.3 is 4.57 Å². The molecule has 3 heterocycles. The van der Waals surface area contributed by atoms with Gasteiger partial charge in [0.2, 0.25) is 0 Å². The summed E-state index contributed by atoms with van der Waals surface area (Å²) in [6.45, 7) is 1.19. The summed E-state index contributed by atoms with van der Waals surface area (Å²) in [7, 11) is 4.35. The van der Waals surface area contributed by atoms with Crippen molar-refractivity contribution in [1.82, 2.24) is 24.2 Å². The van der Waals surface area contributed by atoms with E-state index in [1.54, 1.807) is 12.7 Å². The molecule has 1 aliphatic rings. The molecule has 1 saturated heterocycles. The zero-order valence-corrected chi connectivity index (χ0v) is 12.4. The van der Waals surface area contributed by atoms with E-state index in [0.717, 1.165) is 5.69 Å². The van der Waals surface area contributed by atoms with Crippen LogP contribution < -0.4 is 0 Å². The number of aryl methyl sites for hydroxylation is 1. The molecule has 4 rings (SSSR count). The lowest BCUT2D eigenvalue weighted by molar-refractivity contribution is 0.319. The molecule has 2 aromatic heterocycles. The molecule has 21 heavy (non-hydrogen) atoms. The van der Waals surface area contributed by atoms with Crippen LogP contribution in [0.25, 0.3) is 16.6 Å². The molecule has 5 heteroatoms. The number of nitrogens with zero attached hydrogens (tertiary/aromatic N) is 5. The van der Waals surface area contributed by atoms with Crippen LogP contribution in [0.5, 0.6) is 0 Å². The highest BCUT2D eigenvalue weighted by Crippen LogP contribution is 2.36. The zero-order chi connectivity index (χ0) is 14.4. The third-order valence-electron chi connectivity index (χ3n) is 4.60. The second-order valence-electron chi connectivity index (χ2n) is 5.90. The molecular weight excluding hydrogens is 262 g/mol. The maximum Gasteiger partial charge on any atom is 0.123 e. The summed E-state index contributed by atoms with van der Waals surface area (Å²) in [6.07, 6.45) is 8.29. The third kappa shape index (κ3) is 1.96. The Hall–Kier alpha value is -2.14. The minimum atomic E-state index is 0.532. The summed E-state index contributed by atoms with van der Waals surface area (Å²) in [4.78, 5) is 2.46. The van der Waals surface area contributed by atoms with Crippen LogP contribution in [0.1, 0.15) is 24.4 Å². The molecule has 108 valence electrons. The summed E-state index contributed by atoms with van der Waals surface area (Å²) in [5.41, 5.74) is 3.82. The highest BCUT2D eigenvalue weighted by Gasteiger charge is 2.25. The molecule has 3 aromatic rings. The van der Waals surface area contributed by atoms with Crippen LogP contribution in [0, 0.1) is 0 Å². The molecule has 1 atom stereocenters. The van der Waals surface area contributed by atoms with E-state index in [1.165, 1.54) is 35.9 Å². The van der Waals surface area contributed by atoms with Gasteiger partial charge in [-0.2, -0.15) is 0 Å². The average Bonchev–Trinajstić information content (AvgIpc) is 3.19. The predicted octanol–water partition coefficient (Wildman–Crippen LogP) is 2.53. The molecule has 0 spiro atoms. The molecule has 1 fully saturated rings. The minimum absolute atomic E-state index is 0.532. The van der Waals surface area contributed by atoms with Crippen molar-refractivity contribution in [3.63, 3.8) is 0 Å². The van der Waals surface area contributed by atoms with Crippen molar-refractivity contribution < 1.29 is 0 Å². The van der Waals surface area contributed by atoms with Crippen molar-refractivity contribution in [2.45, 2.75) is 18.9 Å². The first-order valence-electron chi connectivity index (χ1n) is 7.38. The smallest absolute Gasteiger partial charge is 0.123 e. The first kappa shape index (κ1) is 12.6. The molecule has 0 saturated carbocycles. The van der Waals surface area contributed by atoms with E-state index in [-0.39, 0.29) is 0 Å². The number of fused-ring (bicyclic) bond motifs is 1. The van der Waals surface area contributed by atoms with Crippen molar-refractivity contribution in [1.29, 1.82) is 0 Å². The van der Waals surface area contributed by atoms with Crippen molar-refractivity contribution in [3.8, 4) is 5.69 Å². The quantitative estimate of drug-likeness (QED) is 0.724. The average molecular weight is 281 g/mol. The summed E-state index contributed by atoms with van der Waals surface area (Å²) in [6, 6.07) is 7.08. The van der Waals surface area contributed by atoms with Crippen LogP contribution in [-0.2, 0) is 7.05 Å². The van der Waals surface area contributed by atoms with E-state index in [9.17, 15) is 0 Å². The van der Waals surface area contributed by atoms with Gasteiger partial charge >= 0.3 is 0 Å². The number of likely N-dealkylation sites (tertiary alicyclic amines) is 1. The van der Waals surface area contributed by atoms with Crippen LogP contribution in [0.3, 0.4) is 0 Å². The van der Waals surface area contributed by atoms with E-state index < -0.39 is 0 Å². The fourth-order valence-corrected chi connectivity index (χ4v) is 3.47. The Morgan fingerprint density at radius 2 is 1.95 bits per heavy atom. The Morgan fingerprint density at radius 3 is 2.67 bits per heavy atom. The van der Waals surface area contributed by atoms with E-state index in [0.29, 0.717) is 6.04 Å². The highest BCUT2D eigenvalue weighted by molar-refractivity contribution is 5.86. The fraction of sp³-hybridized carbons (Fsp3) is 0.375. The van der Waals surface area contributed by atoms with Gasteiger partial charge in [0.25, 0.3) is 0 Å². The molecule has 0 radical (unpaired) electrons. The van der Waals surface area contributed by atoms with Gasteiger partial charge in [-0.25, -0.2) is 0 Å². The van der Waals surface area contributed by atoms with Crippen LogP contribution in [0.15, 0.2) is 37.1 Å². The van der Waals surface area contributed by atoms with Gasteiger partial charge in [-0.1, -0.05) is 0 Å². The van der Waals surface area contributed by atoms with Gasteiger partial charge in [-0.3, -0.25) is 9.47 Å². The highest BCUT2D eigenvalue weighted by atomic mass is 15.2. The van der Waals surface area contributed by atoms with Gasteiger partial charge in [0.05, 0.1) is 0 Å². The van der Waals surface area contributed by atoms with Crippen molar-refractivity contribution in [2.75, 3.05) is 13.6 Å². The van der Waals surface area contributed by atoms with Gasteiger partial charge in [0, 0.05) is 35.9 Å². The summed E-state index contributed by atoms with van der Waals surface area (Å²) in [5.74, 6) is 0. The Morgan fingerprint density at radius 1 is 1.14 bits per heavy atom. The summed E-state index contributed by atoms with van der Waals surface area (Å²) < 4.78 is 4.18.